The van der Waals surface area contributed by atoms with Gasteiger partial charge >= 0.3 is 0 Å². The lowest BCUT2D eigenvalue weighted by molar-refractivity contribution is 0.0718. The normalized spacial score (nSPS) is 20.3. The Morgan fingerprint density at radius 3 is 2.45 bits per heavy atom. The molecule has 0 spiro atoms. The first-order chi connectivity index (χ1) is 10.6. The zero-order valence-electron chi connectivity index (χ0n) is 13.7. The van der Waals surface area contributed by atoms with Gasteiger partial charge in [-0.3, -0.25) is 4.79 Å². The summed E-state index contributed by atoms with van der Waals surface area (Å²) in [7, 11) is 0. The van der Waals surface area contributed by atoms with Gasteiger partial charge in [-0.15, -0.1) is 0 Å². The Hall–Kier alpha value is -1.65. The molecule has 3 rings (SSSR count). The fraction of sp³-hybridized carbons (Fsp3) is 0.706. The monoisotopic (exact) mass is 302 g/mol. The van der Waals surface area contributed by atoms with Crippen molar-refractivity contribution in [2.75, 3.05) is 31.1 Å². The summed E-state index contributed by atoms with van der Waals surface area (Å²) < 4.78 is 0. The van der Waals surface area contributed by atoms with Gasteiger partial charge < -0.3 is 9.80 Å². The van der Waals surface area contributed by atoms with E-state index >= 15 is 0 Å². The third kappa shape index (κ3) is 3.39. The highest BCUT2D eigenvalue weighted by molar-refractivity contribution is 5.92. The van der Waals surface area contributed by atoms with Gasteiger partial charge in [0.1, 0.15) is 5.69 Å². The predicted octanol–water partition coefficient (Wildman–Crippen LogP) is 2.65. The molecule has 0 aromatic carbocycles. The Labute approximate surface area is 132 Å². The van der Waals surface area contributed by atoms with Gasteiger partial charge in [0.05, 0.1) is 0 Å². The van der Waals surface area contributed by atoms with Crippen LogP contribution in [0.4, 0.5) is 5.95 Å². The largest absolute Gasteiger partial charge is 0.341 e. The topological polar surface area (TPSA) is 49.3 Å². The number of amides is 1. The lowest BCUT2D eigenvalue weighted by atomic mass is 10.00. The molecule has 2 aliphatic rings. The fourth-order valence-electron chi connectivity index (χ4n) is 3.27. The zero-order valence-corrected chi connectivity index (χ0v) is 13.7. The van der Waals surface area contributed by atoms with Crippen LogP contribution in [0.25, 0.3) is 0 Å². The number of anilines is 1. The summed E-state index contributed by atoms with van der Waals surface area (Å²) in [5.74, 6) is 1.57. The maximum atomic E-state index is 12.7. The van der Waals surface area contributed by atoms with Gasteiger partial charge in [0, 0.05) is 31.9 Å². The molecule has 2 aliphatic heterocycles. The zero-order chi connectivity index (χ0) is 15.5. The number of likely N-dealkylation sites (tertiary alicyclic amines) is 1. The minimum Gasteiger partial charge on any atom is -0.341 e. The van der Waals surface area contributed by atoms with Crippen LogP contribution in [0, 0.1) is 12.8 Å². The third-order valence-corrected chi connectivity index (χ3v) is 4.77. The van der Waals surface area contributed by atoms with Crippen LogP contribution in [0.5, 0.6) is 0 Å². The highest BCUT2D eigenvalue weighted by atomic mass is 16.2. The van der Waals surface area contributed by atoms with Crippen molar-refractivity contribution in [3.8, 4) is 0 Å². The van der Waals surface area contributed by atoms with E-state index in [1.807, 2.05) is 17.9 Å². The average Bonchev–Trinajstić information content (AvgIpc) is 2.55. The summed E-state index contributed by atoms with van der Waals surface area (Å²) in [6.07, 6.45) is 5.78. The second kappa shape index (κ2) is 6.63. The third-order valence-electron chi connectivity index (χ3n) is 4.77. The highest BCUT2D eigenvalue weighted by Gasteiger charge is 2.23. The van der Waals surface area contributed by atoms with Gasteiger partial charge in [-0.2, -0.15) is 0 Å². The van der Waals surface area contributed by atoms with Crippen molar-refractivity contribution in [3.05, 3.63) is 17.5 Å². The van der Waals surface area contributed by atoms with E-state index in [0.717, 1.165) is 56.6 Å². The molecule has 0 saturated carbocycles. The molecule has 1 aromatic rings. The number of rotatable bonds is 2. The van der Waals surface area contributed by atoms with Gasteiger partial charge in [-0.1, -0.05) is 6.92 Å². The highest BCUT2D eigenvalue weighted by Crippen LogP contribution is 2.21. The lowest BCUT2D eigenvalue weighted by Gasteiger charge is -2.31. The Bertz CT molecular complexity index is 531. The fourth-order valence-corrected chi connectivity index (χ4v) is 3.27. The number of hydrogen-bond acceptors (Lipinski definition) is 4. The van der Waals surface area contributed by atoms with Crippen LogP contribution in [-0.2, 0) is 0 Å². The second-order valence-electron chi connectivity index (χ2n) is 6.72. The molecule has 0 N–H and O–H groups in total. The average molecular weight is 302 g/mol. The number of carbonyl (C=O) groups is 1. The maximum absolute atomic E-state index is 12.7. The van der Waals surface area contributed by atoms with Gasteiger partial charge in [-0.25, -0.2) is 9.97 Å². The summed E-state index contributed by atoms with van der Waals surface area (Å²) in [4.78, 5) is 26.0. The summed E-state index contributed by atoms with van der Waals surface area (Å²) in [6.45, 7) is 7.94. The Morgan fingerprint density at radius 2 is 1.77 bits per heavy atom. The van der Waals surface area contributed by atoms with Crippen molar-refractivity contribution >= 4 is 11.9 Å². The van der Waals surface area contributed by atoms with E-state index in [2.05, 4.69) is 21.8 Å². The number of carbonyl (C=O) groups excluding carboxylic acids is 1. The molecule has 0 bridgehead atoms. The summed E-state index contributed by atoms with van der Waals surface area (Å²) in [5, 5.41) is 0. The second-order valence-corrected chi connectivity index (χ2v) is 6.72. The number of piperidine rings is 2. The Balaban J connectivity index is 1.78. The van der Waals surface area contributed by atoms with E-state index in [1.165, 1.54) is 19.3 Å². The molecule has 3 heterocycles. The molecule has 2 saturated heterocycles. The molecular formula is C17H26N4O. The standard InChI is InChI=1S/C17H26N4O/c1-13-6-10-21(11-7-13)17-18-14(2)12-15(19-17)16(22)20-8-4-3-5-9-20/h12-13H,3-11H2,1-2H3. The minimum atomic E-state index is 0.0665. The molecule has 0 unspecified atom stereocenters. The van der Waals surface area contributed by atoms with Crippen molar-refractivity contribution in [1.82, 2.24) is 14.9 Å². The summed E-state index contributed by atoms with van der Waals surface area (Å²) in [6, 6.07) is 1.83. The molecule has 0 aliphatic carbocycles. The summed E-state index contributed by atoms with van der Waals surface area (Å²) >= 11 is 0. The van der Waals surface area contributed by atoms with Gasteiger partial charge in [0.15, 0.2) is 0 Å². The van der Waals surface area contributed by atoms with Gasteiger partial charge in [0.25, 0.3) is 5.91 Å². The Morgan fingerprint density at radius 1 is 1.09 bits per heavy atom. The Kier molecular flexibility index (Phi) is 4.60. The lowest BCUT2D eigenvalue weighted by Crippen LogP contribution is -2.37. The number of hydrogen-bond donors (Lipinski definition) is 0. The maximum Gasteiger partial charge on any atom is 0.272 e. The molecule has 2 fully saturated rings. The van der Waals surface area contributed by atoms with Gasteiger partial charge in [0.2, 0.25) is 5.95 Å². The molecular weight excluding hydrogens is 276 g/mol. The van der Waals surface area contributed by atoms with Crippen molar-refractivity contribution in [2.24, 2.45) is 5.92 Å². The molecule has 0 atom stereocenters. The van der Waals surface area contributed by atoms with Crippen LogP contribution in [0.15, 0.2) is 6.07 Å². The van der Waals surface area contributed by atoms with E-state index in [9.17, 15) is 4.79 Å². The van der Waals surface area contributed by atoms with Gasteiger partial charge in [-0.05, 0) is 51.0 Å². The first kappa shape index (κ1) is 15.3. The van der Waals surface area contributed by atoms with Crippen LogP contribution in [0.3, 0.4) is 0 Å². The predicted molar refractivity (Wildman–Crippen MR) is 87.1 cm³/mol. The SMILES string of the molecule is Cc1cc(C(=O)N2CCCCC2)nc(N2CCC(C)CC2)n1. The number of aryl methyl sites for hydroxylation is 1. The van der Waals surface area contributed by atoms with Crippen molar-refractivity contribution in [3.63, 3.8) is 0 Å². The van der Waals surface area contributed by atoms with Crippen molar-refractivity contribution in [1.29, 1.82) is 0 Å². The molecule has 22 heavy (non-hydrogen) atoms. The first-order valence-corrected chi connectivity index (χ1v) is 8.53. The van der Waals surface area contributed by atoms with E-state index in [4.69, 9.17) is 0 Å². The molecule has 1 aromatic heterocycles. The van der Waals surface area contributed by atoms with Crippen LogP contribution in [0.1, 0.15) is 55.2 Å². The van der Waals surface area contributed by atoms with E-state index in [1.54, 1.807) is 0 Å². The van der Waals surface area contributed by atoms with E-state index in [-0.39, 0.29) is 5.91 Å². The molecule has 1 amide bonds. The van der Waals surface area contributed by atoms with Crippen LogP contribution >= 0.6 is 0 Å². The van der Waals surface area contributed by atoms with Crippen molar-refractivity contribution < 1.29 is 4.79 Å². The molecule has 120 valence electrons. The molecule has 5 nitrogen and oxygen atoms in total. The van der Waals surface area contributed by atoms with E-state index < -0.39 is 0 Å². The number of nitrogens with zero attached hydrogens (tertiary/aromatic N) is 4. The molecule has 0 radical (unpaired) electrons. The first-order valence-electron chi connectivity index (χ1n) is 8.53. The number of aromatic nitrogens is 2. The van der Waals surface area contributed by atoms with Crippen molar-refractivity contribution in [2.45, 2.75) is 46.0 Å². The van der Waals surface area contributed by atoms with Crippen LogP contribution in [0.2, 0.25) is 0 Å². The quantitative estimate of drug-likeness (QED) is 0.842. The summed E-state index contributed by atoms with van der Waals surface area (Å²) in [5.41, 5.74) is 1.44. The van der Waals surface area contributed by atoms with Crippen LogP contribution < -0.4 is 4.90 Å². The molecule has 5 heteroatoms. The van der Waals surface area contributed by atoms with E-state index in [0.29, 0.717) is 5.69 Å². The smallest absolute Gasteiger partial charge is 0.272 e. The van der Waals surface area contributed by atoms with Crippen LogP contribution in [-0.4, -0.2) is 47.0 Å². The minimum absolute atomic E-state index is 0.0665.